The summed E-state index contributed by atoms with van der Waals surface area (Å²) in [4.78, 5) is 0. The average Bonchev–Trinajstić information content (AvgIpc) is 2.47. The third kappa shape index (κ3) is 7.36. The molecule has 0 aromatic carbocycles. The van der Waals surface area contributed by atoms with Crippen molar-refractivity contribution in [2.45, 2.75) is 47.0 Å². The molecule has 1 saturated carbocycles. The van der Waals surface area contributed by atoms with Crippen LogP contribution >= 0.6 is 13.4 Å². The molecule has 0 unspecified atom stereocenters. The second-order valence-corrected chi connectivity index (χ2v) is 11.5. The van der Waals surface area contributed by atoms with Gasteiger partial charge in [0.1, 0.15) is 0 Å². The fourth-order valence-electron chi connectivity index (χ4n) is 2.30. The maximum atomic E-state index is 5.90. The van der Waals surface area contributed by atoms with Crippen molar-refractivity contribution >= 4 is 37.1 Å². The topological polar surface area (TPSA) is 55.4 Å². The molecule has 0 aromatic heterocycles. The second kappa shape index (κ2) is 11.0. The summed E-state index contributed by atoms with van der Waals surface area (Å²) in [6.07, 6.45) is 3.12. The lowest BCUT2D eigenvalue weighted by Gasteiger charge is -2.42. The molecule has 144 valence electrons. The zero-order valence-electron chi connectivity index (χ0n) is 15.0. The molecule has 0 bridgehead atoms. The SMILES string of the molecule is CCOP(=S)(OCC)OCC1(COP(=S)(OCC)OCC)CCC1. The van der Waals surface area contributed by atoms with Crippen LogP contribution in [-0.4, -0.2) is 39.6 Å². The summed E-state index contributed by atoms with van der Waals surface area (Å²) < 4.78 is 33.9. The lowest BCUT2D eigenvalue weighted by atomic mass is 9.70. The average molecular weight is 420 g/mol. The molecule has 6 nitrogen and oxygen atoms in total. The number of rotatable bonds is 14. The van der Waals surface area contributed by atoms with Crippen LogP contribution in [0.4, 0.5) is 0 Å². The van der Waals surface area contributed by atoms with E-state index < -0.39 is 13.4 Å². The quantitative estimate of drug-likeness (QED) is 0.372. The molecule has 0 atom stereocenters. The fourth-order valence-corrected chi connectivity index (χ4v) is 6.45. The Labute approximate surface area is 156 Å². The maximum Gasteiger partial charge on any atom is 0.327 e. The molecular weight excluding hydrogens is 390 g/mol. The highest BCUT2D eigenvalue weighted by Crippen LogP contribution is 2.56. The Morgan fingerprint density at radius 1 is 0.667 bits per heavy atom. The molecule has 0 aliphatic heterocycles. The molecule has 1 aliphatic carbocycles. The third-order valence-electron chi connectivity index (χ3n) is 3.62. The van der Waals surface area contributed by atoms with Gasteiger partial charge in [-0.3, -0.25) is 0 Å². The van der Waals surface area contributed by atoms with Gasteiger partial charge in [-0.05, 0) is 64.2 Å². The van der Waals surface area contributed by atoms with Gasteiger partial charge in [0.2, 0.25) is 0 Å². The van der Waals surface area contributed by atoms with Gasteiger partial charge in [0.15, 0.2) is 0 Å². The highest BCUT2D eigenvalue weighted by Gasteiger charge is 2.41. The first-order valence-electron chi connectivity index (χ1n) is 8.44. The standard InChI is InChI=1S/C14H30O6P2S2/c1-5-15-21(23,16-6-2)19-12-14(10-9-11-14)13-20-22(24,17-7-3)18-8-4/h5-13H2,1-4H3. The van der Waals surface area contributed by atoms with E-state index in [1.54, 1.807) is 0 Å². The predicted molar refractivity (Wildman–Crippen MR) is 103 cm³/mol. The van der Waals surface area contributed by atoms with Crippen molar-refractivity contribution in [3.05, 3.63) is 0 Å². The highest BCUT2D eigenvalue weighted by molar-refractivity contribution is 8.07. The number of hydrogen-bond donors (Lipinski definition) is 0. The fraction of sp³-hybridized carbons (Fsp3) is 1.00. The van der Waals surface area contributed by atoms with E-state index in [0.717, 1.165) is 19.3 Å². The Bertz CT molecular complexity index is 403. The number of hydrogen-bond acceptors (Lipinski definition) is 8. The van der Waals surface area contributed by atoms with Gasteiger partial charge >= 0.3 is 13.4 Å². The van der Waals surface area contributed by atoms with Gasteiger partial charge in [-0.25, -0.2) is 0 Å². The Morgan fingerprint density at radius 2 is 1.00 bits per heavy atom. The summed E-state index contributed by atoms with van der Waals surface area (Å²) in [6, 6.07) is 0. The van der Waals surface area contributed by atoms with E-state index in [2.05, 4.69) is 0 Å². The third-order valence-corrected chi connectivity index (χ3v) is 8.71. The van der Waals surface area contributed by atoms with Crippen LogP contribution in [0.2, 0.25) is 0 Å². The van der Waals surface area contributed by atoms with Gasteiger partial charge in [-0.2, -0.15) is 0 Å². The molecular formula is C14H30O6P2S2. The van der Waals surface area contributed by atoms with Gasteiger partial charge in [-0.15, -0.1) is 0 Å². The predicted octanol–water partition coefficient (Wildman–Crippen LogP) is 4.78. The molecule has 10 heteroatoms. The van der Waals surface area contributed by atoms with Crippen molar-refractivity contribution < 1.29 is 27.1 Å². The monoisotopic (exact) mass is 420 g/mol. The Kier molecular flexibility index (Phi) is 10.6. The second-order valence-electron chi connectivity index (χ2n) is 5.47. The molecule has 1 fully saturated rings. The largest absolute Gasteiger partial charge is 0.327 e. The van der Waals surface area contributed by atoms with Crippen LogP contribution in [0.25, 0.3) is 0 Å². The normalized spacial score (nSPS) is 17.7. The van der Waals surface area contributed by atoms with Gasteiger partial charge in [-0.1, -0.05) is 6.42 Å². The summed E-state index contributed by atoms with van der Waals surface area (Å²) in [7, 11) is 0. The molecule has 0 amide bonds. The molecule has 0 spiro atoms. The van der Waals surface area contributed by atoms with E-state index in [1.807, 2.05) is 27.7 Å². The summed E-state index contributed by atoms with van der Waals surface area (Å²) in [5.74, 6) is 0. The molecule has 0 N–H and O–H groups in total. The van der Waals surface area contributed by atoms with Crippen molar-refractivity contribution in [2.24, 2.45) is 5.41 Å². The van der Waals surface area contributed by atoms with Crippen molar-refractivity contribution in [2.75, 3.05) is 39.6 Å². The molecule has 24 heavy (non-hydrogen) atoms. The van der Waals surface area contributed by atoms with E-state index in [4.69, 9.17) is 50.8 Å². The molecule has 0 radical (unpaired) electrons. The van der Waals surface area contributed by atoms with Crippen LogP contribution in [0.15, 0.2) is 0 Å². The molecule has 0 saturated heterocycles. The molecule has 1 rings (SSSR count). The van der Waals surface area contributed by atoms with Crippen molar-refractivity contribution in [1.29, 1.82) is 0 Å². The van der Waals surface area contributed by atoms with E-state index in [0.29, 0.717) is 39.6 Å². The minimum Gasteiger partial charge on any atom is -0.309 e. The summed E-state index contributed by atoms with van der Waals surface area (Å²) >= 11 is 10.8. The summed E-state index contributed by atoms with van der Waals surface area (Å²) in [5, 5.41) is 0. The van der Waals surface area contributed by atoms with Gasteiger partial charge in [0.25, 0.3) is 0 Å². The van der Waals surface area contributed by atoms with Gasteiger partial charge in [0.05, 0.1) is 39.6 Å². The molecule has 0 aromatic rings. The Hall–Kier alpha value is 1.06. The van der Waals surface area contributed by atoms with Crippen LogP contribution in [0.1, 0.15) is 47.0 Å². The Balaban J connectivity index is 2.63. The van der Waals surface area contributed by atoms with Crippen molar-refractivity contribution in [3.8, 4) is 0 Å². The minimum absolute atomic E-state index is 0.115. The highest BCUT2D eigenvalue weighted by atomic mass is 32.5. The lowest BCUT2D eigenvalue weighted by molar-refractivity contribution is -0.00773. The van der Waals surface area contributed by atoms with E-state index in [1.165, 1.54) is 0 Å². The summed E-state index contributed by atoms with van der Waals surface area (Å²) in [6.45, 7) is 4.91. The van der Waals surface area contributed by atoms with Crippen LogP contribution in [0.3, 0.4) is 0 Å². The van der Waals surface area contributed by atoms with E-state index >= 15 is 0 Å². The van der Waals surface area contributed by atoms with Crippen LogP contribution < -0.4 is 0 Å². The smallest absolute Gasteiger partial charge is 0.309 e. The van der Waals surface area contributed by atoms with Gasteiger partial charge < -0.3 is 27.1 Å². The van der Waals surface area contributed by atoms with Crippen LogP contribution in [0.5, 0.6) is 0 Å². The van der Waals surface area contributed by atoms with Crippen LogP contribution in [-0.2, 0) is 50.8 Å². The Morgan fingerprint density at radius 3 is 1.21 bits per heavy atom. The maximum absolute atomic E-state index is 5.90. The van der Waals surface area contributed by atoms with Gasteiger partial charge in [0, 0.05) is 5.41 Å². The molecule has 1 aliphatic rings. The van der Waals surface area contributed by atoms with Crippen LogP contribution in [0, 0.1) is 5.41 Å². The first-order valence-corrected chi connectivity index (χ1v) is 13.5. The van der Waals surface area contributed by atoms with E-state index in [-0.39, 0.29) is 5.41 Å². The zero-order chi connectivity index (χ0) is 18.1. The van der Waals surface area contributed by atoms with Crippen molar-refractivity contribution in [3.63, 3.8) is 0 Å². The van der Waals surface area contributed by atoms with Crippen molar-refractivity contribution in [1.82, 2.24) is 0 Å². The molecule has 0 heterocycles. The zero-order valence-corrected chi connectivity index (χ0v) is 18.4. The summed E-state index contributed by atoms with van der Waals surface area (Å²) in [5.41, 5.74) is -0.115. The lowest BCUT2D eigenvalue weighted by Crippen LogP contribution is -2.38. The first kappa shape index (κ1) is 23.1. The van der Waals surface area contributed by atoms with E-state index in [9.17, 15) is 0 Å². The minimum atomic E-state index is -2.69. The first-order chi connectivity index (χ1) is 11.4.